The number of carbonyl (C=O) groups is 3. The van der Waals surface area contributed by atoms with Crippen LogP contribution in [0.1, 0.15) is 27.0 Å². The molecule has 0 bridgehead atoms. The molecule has 0 aromatic heterocycles. The van der Waals surface area contributed by atoms with Crippen molar-refractivity contribution in [2.45, 2.75) is 13.5 Å². The van der Waals surface area contributed by atoms with Crippen molar-refractivity contribution in [1.29, 1.82) is 0 Å². The molecule has 1 aliphatic rings. The monoisotopic (exact) mass is 575 g/mol. The standard InChI is InChI=1S/C25H16BrCl2NO4S/c1-14-2-5-16(6-3-14)24(31)33-21-9-7-18(26)11-17(21)12-22-23(30)29(25(32)34-22)13-15-4-8-19(27)20(28)10-15/h2-12H,13H2,1H3/b22-12-. The van der Waals surface area contributed by atoms with E-state index in [-0.39, 0.29) is 17.2 Å². The Kier molecular flexibility index (Phi) is 7.48. The lowest BCUT2D eigenvalue weighted by Gasteiger charge is -2.13. The number of thioether (sulfide) groups is 1. The van der Waals surface area contributed by atoms with E-state index >= 15 is 0 Å². The first kappa shape index (κ1) is 24.5. The van der Waals surface area contributed by atoms with Crippen molar-refractivity contribution in [3.63, 3.8) is 0 Å². The van der Waals surface area contributed by atoms with Crippen molar-refractivity contribution in [2.24, 2.45) is 0 Å². The SMILES string of the molecule is Cc1ccc(C(=O)Oc2ccc(Br)cc2/C=C2\SC(=O)N(Cc3ccc(Cl)c(Cl)c3)C2=O)cc1. The van der Waals surface area contributed by atoms with Crippen LogP contribution < -0.4 is 4.74 Å². The predicted octanol–water partition coefficient (Wildman–Crippen LogP) is 7.52. The Labute approximate surface area is 218 Å². The van der Waals surface area contributed by atoms with Crippen LogP contribution >= 0.6 is 50.9 Å². The average molecular weight is 577 g/mol. The van der Waals surface area contributed by atoms with E-state index in [2.05, 4.69) is 15.9 Å². The first-order chi connectivity index (χ1) is 16.2. The first-order valence-corrected chi connectivity index (χ1v) is 12.4. The van der Waals surface area contributed by atoms with Crippen molar-refractivity contribution in [1.82, 2.24) is 4.90 Å². The molecule has 3 aromatic rings. The first-order valence-electron chi connectivity index (χ1n) is 9.99. The molecule has 0 spiro atoms. The highest BCUT2D eigenvalue weighted by molar-refractivity contribution is 9.10. The van der Waals surface area contributed by atoms with Crippen LogP contribution in [0, 0.1) is 6.92 Å². The predicted molar refractivity (Wildman–Crippen MR) is 138 cm³/mol. The van der Waals surface area contributed by atoms with Crippen LogP contribution in [0.25, 0.3) is 6.08 Å². The Morgan fingerprint density at radius 2 is 1.76 bits per heavy atom. The highest BCUT2D eigenvalue weighted by atomic mass is 79.9. The number of ether oxygens (including phenoxy) is 1. The summed E-state index contributed by atoms with van der Waals surface area (Å²) in [7, 11) is 0. The van der Waals surface area contributed by atoms with Crippen molar-refractivity contribution in [3.05, 3.63) is 102 Å². The molecule has 3 aromatic carbocycles. The fourth-order valence-corrected chi connectivity index (χ4v) is 4.70. The van der Waals surface area contributed by atoms with E-state index in [4.69, 9.17) is 27.9 Å². The molecule has 34 heavy (non-hydrogen) atoms. The number of rotatable bonds is 5. The van der Waals surface area contributed by atoms with Gasteiger partial charge in [0.2, 0.25) is 0 Å². The van der Waals surface area contributed by atoms with Gasteiger partial charge in [-0.25, -0.2) is 4.79 Å². The van der Waals surface area contributed by atoms with Gasteiger partial charge in [0, 0.05) is 10.0 Å². The van der Waals surface area contributed by atoms with Crippen molar-refractivity contribution in [2.75, 3.05) is 0 Å². The molecule has 1 fully saturated rings. The molecule has 0 unspecified atom stereocenters. The second-order valence-electron chi connectivity index (χ2n) is 7.45. The second kappa shape index (κ2) is 10.4. The van der Waals surface area contributed by atoms with Gasteiger partial charge in [0.05, 0.1) is 27.1 Å². The third-order valence-corrected chi connectivity index (χ3v) is 7.09. The van der Waals surface area contributed by atoms with Gasteiger partial charge in [0.15, 0.2) is 0 Å². The van der Waals surface area contributed by atoms with Crippen molar-refractivity contribution >= 4 is 74.1 Å². The molecule has 5 nitrogen and oxygen atoms in total. The maximum absolute atomic E-state index is 13.0. The van der Waals surface area contributed by atoms with Gasteiger partial charge in [0.1, 0.15) is 5.75 Å². The number of aryl methyl sites for hydroxylation is 1. The second-order valence-corrected chi connectivity index (χ2v) is 10.2. The number of imide groups is 1. The summed E-state index contributed by atoms with van der Waals surface area (Å²) in [5.41, 5.74) is 2.59. The zero-order valence-electron chi connectivity index (χ0n) is 17.7. The highest BCUT2D eigenvalue weighted by Gasteiger charge is 2.35. The van der Waals surface area contributed by atoms with E-state index in [1.807, 2.05) is 19.1 Å². The summed E-state index contributed by atoms with van der Waals surface area (Å²) in [5, 5.41) is 0.327. The number of carbonyl (C=O) groups excluding carboxylic acids is 3. The van der Waals surface area contributed by atoms with Crippen LogP contribution in [0.3, 0.4) is 0 Å². The van der Waals surface area contributed by atoms with E-state index in [9.17, 15) is 14.4 Å². The molecule has 4 rings (SSSR count). The fourth-order valence-electron chi connectivity index (χ4n) is 3.17. The zero-order chi connectivity index (χ0) is 24.4. The highest BCUT2D eigenvalue weighted by Crippen LogP contribution is 2.36. The smallest absolute Gasteiger partial charge is 0.343 e. The Balaban J connectivity index is 1.58. The van der Waals surface area contributed by atoms with Gasteiger partial charge in [0.25, 0.3) is 11.1 Å². The summed E-state index contributed by atoms with van der Waals surface area (Å²) < 4.78 is 6.32. The summed E-state index contributed by atoms with van der Waals surface area (Å²) in [6.45, 7) is 1.99. The lowest BCUT2D eigenvalue weighted by atomic mass is 10.1. The van der Waals surface area contributed by atoms with Gasteiger partial charge < -0.3 is 4.74 Å². The van der Waals surface area contributed by atoms with Crippen LogP contribution in [-0.2, 0) is 11.3 Å². The van der Waals surface area contributed by atoms with E-state index < -0.39 is 17.1 Å². The number of halogens is 3. The molecule has 1 heterocycles. The number of hydrogen-bond donors (Lipinski definition) is 0. The van der Waals surface area contributed by atoms with Crippen LogP contribution in [0.4, 0.5) is 4.79 Å². The van der Waals surface area contributed by atoms with Crippen LogP contribution in [-0.4, -0.2) is 22.0 Å². The van der Waals surface area contributed by atoms with Gasteiger partial charge in [-0.1, -0.05) is 62.9 Å². The Hall–Kier alpha value is -2.58. The summed E-state index contributed by atoms with van der Waals surface area (Å²) in [6, 6.07) is 17.0. The molecule has 2 amide bonds. The van der Waals surface area contributed by atoms with E-state index in [1.54, 1.807) is 54.6 Å². The molecule has 0 aliphatic carbocycles. The molecule has 0 saturated carbocycles. The molecule has 172 valence electrons. The number of esters is 1. The normalized spacial score (nSPS) is 14.7. The van der Waals surface area contributed by atoms with Gasteiger partial charge in [-0.2, -0.15) is 0 Å². The third kappa shape index (κ3) is 5.55. The molecule has 9 heteroatoms. The number of benzene rings is 3. The lowest BCUT2D eigenvalue weighted by Crippen LogP contribution is -2.27. The molecule has 1 aliphatic heterocycles. The minimum absolute atomic E-state index is 0.0621. The third-order valence-electron chi connectivity index (χ3n) is 4.95. The topological polar surface area (TPSA) is 63.7 Å². The van der Waals surface area contributed by atoms with Crippen LogP contribution in [0.2, 0.25) is 10.0 Å². The number of amides is 2. The number of hydrogen-bond acceptors (Lipinski definition) is 5. The van der Waals surface area contributed by atoms with Gasteiger partial charge in [-0.15, -0.1) is 0 Å². The summed E-state index contributed by atoms with van der Waals surface area (Å²) in [5.74, 6) is -0.702. The molecule has 1 saturated heterocycles. The van der Waals surface area contributed by atoms with Gasteiger partial charge in [-0.05, 0) is 72.8 Å². The molecule has 0 N–H and O–H groups in total. The van der Waals surface area contributed by atoms with E-state index in [1.165, 1.54) is 0 Å². The maximum atomic E-state index is 13.0. The molecule has 0 atom stereocenters. The Bertz CT molecular complexity index is 1340. The minimum Gasteiger partial charge on any atom is -0.422 e. The summed E-state index contributed by atoms with van der Waals surface area (Å²) in [4.78, 5) is 39.5. The van der Waals surface area contributed by atoms with E-state index in [0.717, 1.165) is 26.7 Å². The number of nitrogens with zero attached hydrogens (tertiary/aromatic N) is 1. The average Bonchev–Trinajstić information content (AvgIpc) is 3.05. The largest absolute Gasteiger partial charge is 0.422 e. The van der Waals surface area contributed by atoms with Crippen LogP contribution in [0.5, 0.6) is 5.75 Å². The zero-order valence-corrected chi connectivity index (χ0v) is 21.6. The quantitative estimate of drug-likeness (QED) is 0.178. The van der Waals surface area contributed by atoms with Gasteiger partial charge in [-0.3, -0.25) is 14.5 Å². The van der Waals surface area contributed by atoms with E-state index in [0.29, 0.717) is 26.7 Å². The summed E-state index contributed by atoms with van der Waals surface area (Å²) >= 11 is 16.2. The summed E-state index contributed by atoms with van der Waals surface area (Å²) in [6.07, 6.45) is 1.54. The molecule has 0 radical (unpaired) electrons. The Morgan fingerprint density at radius 3 is 2.47 bits per heavy atom. The fraction of sp³-hybridized carbons (Fsp3) is 0.0800. The van der Waals surface area contributed by atoms with Gasteiger partial charge >= 0.3 is 5.97 Å². The maximum Gasteiger partial charge on any atom is 0.343 e. The molecular weight excluding hydrogens is 561 g/mol. The Morgan fingerprint density at radius 1 is 1.03 bits per heavy atom. The van der Waals surface area contributed by atoms with Crippen LogP contribution in [0.15, 0.2) is 70.0 Å². The van der Waals surface area contributed by atoms with Crippen molar-refractivity contribution < 1.29 is 19.1 Å². The molecular formula is C25H16BrCl2NO4S. The van der Waals surface area contributed by atoms with Crippen molar-refractivity contribution in [3.8, 4) is 5.75 Å². The lowest BCUT2D eigenvalue weighted by molar-refractivity contribution is -0.123. The minimum atomic E-state index is -0.523.